The third-order valence-corrected chi connectivity index (χ3v) is 2.53. The van der Waals surface area contributed by atoms with Gasteiger partial charge >= 0.3 is 0 Å². The summed E-state index contributed by atoms with van der Waals surface area (Å²) in [6.07, 6.45) is 2.88. The Balaban J connectivity index is 2.33. The quantitative estimate of drug-likeness (QED) is 0.580. The molecule has 1 saturated carbocycles. The van der Waals surface area contributed by atoms with Crippen molar-refractivity contribution in [2.75, 3.05) is 7.04 Å². The molecule has 2 atom stereocenters. The second-order valence-corrected chi connectivity index (χ2v) is 3.56. The summed E-state index contributed by atoms with van der Waals surface area (Å²) < 4.78 is 25.9. The molecule has 1 nitrogen and oxygen atoms in total. The molecule has 1 heteroatoms. The van der Waals surface area contributed by atoms with Crippen molar-refractivity contribution in [3.8, 4) is 0 Å². The van der Waals surface area contributed by atoms with Crippen LogP contribution < -0.4 is 0 Å². The monoisotopic (exact) mass is 145 g/mol. The molecule has 0 N–H and O–H groups in total. The molecule has 0 radical (unpaired) electrons. The van der Waals surface area contributed by atoms with Gasteiger partial charge in [-0.15, -0.1) is 0 Å². The molecule has 1 fully saturated rings. The first kappa shape index (κ1) is 4.76. The summed E-state index contributed by atoms with van der Waals surface area (Å²) in [6, 6.07) is 0. The van der Waals surface area contributed by atoms with Gasteiger partial charge in [0, 0.05) is 7.04 Å². The van der Waals surface area contributed by atoms with Crippen LogP contribution in [0.2, 0.25) is 0 Å². The van der Waals surface area contributed by atoms with Crippen molar-refractivity contribution in [1.82, 2.24) is 0 Å². The number of hydrogen-bond acceptors (Lipinski definition) is 1. The molecule has 0 spiro atoms. The number of hydrogen-bond donors (Lipinski definition) is 0. The standard InChI is InChI=1S/C9H18O/c1-7(2)8-4-5-9(6-8)10-3/h7-9H,4-6H2,1-3H3/t8-,9-/m0/s1/i3D3. The minimum Gasteiger partial charge on any atom is -0.381 e. The Hall–Kier alpha value is -0.0400. The van der Waals surface area contributed by atoms with Gasteiger partial charge in [0.05, 0.1) is 10.2 Å². The van der Waals surface area contributed by atoms with Crippen molar-refractivity contribution in [2.24, 2.45) is 11.8 Å². The Bertz CT molecular complexity index is 165. The predicted octanol–water partition coefficient (Wildman–Crippen LogP) is 2.46. The third-order valence-electron chi connectivity index (χ3n) is 2.53. The van der Waals surface area contributed by atoms with Crippen LogP contribution in [0.1, 0.15) is 37.2 Å². The Labute approximate surface area is 68.0 Å². The molecule has 0 aromatic rings. The van der Waals surface area contributed by atoms with E-state index in [4.69, 9.17) is 8.85 Å². The molecular formula is C9H18O. The molecule has 0 amide bonds. The third kappa shape index (κ3) is 1.72. The van der Waals surface area contributed by atoms with Crippen molar-refractivity contribution in [1.29, 1.82) is 0 Å². The van der Waals surface area contributed by atoms with Crippen molar-refractivity contribution in [3.63, 3.8) is 0 Å². The molecule has 1 aliphatic carbocycles. The average Bonchev–Trinajstić information content (AvgIpc) is 2.31. The lowest BCUT2D eigenvalue weighted by Gasteiger charge is -2.13. The minimum atomic E-state index is -2.21. The van der Waals surface area contributed by atoms with Crippen LogP contribution in [0.3, 0.4) is 0 Å². The van der Waals surface area contributed by atoms with Crippen LogP contribution in [0.25, 0.3) is 0 Å². The van der Waals surface area contributed by atoms with Gasteiger partial charge in [0.15, 0.2) is 0 Å². The Morgan fingerprint density at radius 3 is 2.80 bits per heavy atom. The van der Waals surface area contributed by atoms with E-state index in [-0.39, 0.29) is 6.10 Å². The minimum absolute atomic E-state index is 0.0418. The van der Waals surface area contributed by atoms with Crippen molar-refractivity contribution in [2.45, 2.75) is 39.2 Å². The van der Waals surface area contributed by atoms with Gasteiger partial charge in [0.2, 0.25) is 0 Å². The molecule has 0 saturated heterocycles. The summed E-state index contributed by atoms with van der Waals surface area (Å²) >= 11 is 0. The lowest BCUT2D eigenvalue weighted by molar-refractivity contribution is 0.103. The van der Waals surface area contributed by atoms with Gasteiger partial charge in [0.25, 0.3) is 0 Å². The van der Waals surface area contributed by atoms with E-state index in [0.717, 1.165) is 19.3 Å². The van der Waals surface area contributed by atoms with Crippen molar-refractivity contribution >= 4 is 0 Å². The van der Waals surface area contributed by atoms with Gasteiger partial charge in [-0.25, -0.2) is 0 Å². The summed E-state index contributed by atoms with van der Waals surface area (Å²) in [5, 5.41) is 0. The molecule has 0 unspecified atom stereocenters. The first-order valence-electron chi connectivity index (χ1n) is 5.56. The highest BCUT2D eigenvalue weighted by atomic mass is 16.5. The highest BCUT2D eigenvalue weighted by Gasteiger charge is 2.26. The number of ether oxygens (including phenoxy) is 1. The zero-order valence-corrected chi connectivity index (χ0v) is 6.76. The van der Waals surface area contributed by atoms with E-state index >= 15 is 0 Å². The van der Waals surface area contributed by atoms with Gasteiger partial charge in [-0.05, 0) is 31.1 Å². The smallest absolute Gasteiger partial charge is 0.0574 e. The number of rotatable bonds is 2. The lowest BCUT2D eigenvalue weighted by Crippen LogP contribution is -2.08. The summed E-state index contributed by atoms with van der Waals surface area (Å²) in [5.74, 6) is 1.29. The van der Waals surface area contributed by atoms with E-state index in [1.54, 1.807) is 0 Å². The van der Waals surface area contributed by atoms with Gasteiger partial charge in [-0.3, -0.25) is 0 Å². The van der Waals surface area contributed by atoms with Gasteiger partial charge in [-0.2, -0.15) is 0 Å². The van der Waals surface area contributed by atoms with Crippen LogP contribution >= 0.6 is 0 Å². The van der Waals surface area contributed by atoms with E-state index in [9.17, 15) is 0 Å². The second kappa shape index (κ2) is 3.38. The van der Waals surface area contributed by atoms with Crippen LogP contribution in [0, 0.1) is 11.8 Å². The molecule has 10 heavy (non-hydrogen) atoms. The normalized spacial score (nSPS) is 39.3. The van der Waals surface area contributed by atoms with E-state index < -0.39 is 7.04 Å². The largest absolute Gasteiger partial charge is 0.381 e. The molecular weight excluding hydrogens is 124 g/mol. The Morgan fingerprint density at radius 2 is 2.30 bits per heavy atom. The molecule has 0 aliphatic heterocycles. The van der Waals surface area contributed by atoms with E-state index in [2.05, 4.69) is 13.8 Å². The molecule has 1 rings (SSSR count). The summed E-state index contributed by atoms with van der Waals surface area (Å²) in [4.78, 5) is 0. The maximum absolute atomic E-state index is 6.98. The second-order valence-electron chi connectivity index (χ2n) is 3.56. The van der Waals surface area contributed by atoms with Gasteiger partial charge < -0.3 is 4.74 Å². The molecule has 0 aromatic heterocycles. The van der Waals surface area contributed by atoms with Gasteiger partial charge in [-0.1, -0.05) is 13.8 Å². The van der Waals surface area contributed by atoms with Gasteiger partial charge in [0.1, 0.15) is 0 Å². The van der Waals surface area contributed by atoms with Crippen molar-refractivity contribution < 1.29 is 8.85 Å². The zero-order valence-electron chi connectivity index (χ0n) is 9.76. The molecule has 60 valence electrons. The zero-order chi connectivity index (χ0) is 10.1. The first-order valence-corrected chi connectivity index (χ1v) is 4.06. The number of methoxy groups -OCH3 is 1. The molecule has 0 aromatic carbocycles. The van der Waals surface area contributed by atoms with Crippen molar-refractivity contribution in [3.05, 3.63) is 0 Å². The van der Waals surface area contributed by atoms with E-state index in [1.807, 2.05) is 0 Å². The molecule has 0 heterocycles. The van der Waals surface area contributed by atoms with Crippen LogP contribution in [-0.4, -0.2) is 13.1 Å². The van der Waals surface area contributed by atoms with Crippen LogP contribution in [0.4, 0.5) is 0 Å². The van der Waals surface area contributed by atoms with Crippen LogP contribution in [-0.2, 0) is 4.74 Å². The van der Waals surface area contributed by atoms with Crippen LogP contribution in [0.15, 0.2) is 0 Å². The highest BCUT2D eigenvalue weighted by Crippen LogP contribution is 2.32. The first-order chi connectivity index (χ1) is 5.88. The fourth-order valence-corrected chi connectivity index (χ4v) is 1.69. The van der Waals surface area contributed by atoms with E-state index in [0.29, 0.717) is 11.8 Å². The maximum Gasteiger partial charge on any atom is 0.0574 e. The molecule has 0 bridgehead atoms. The predicted molar refractivity (Wildman–Crippen MR) is 43.0 cm³/mol. The average molecular weight is 145 g/mol. The summed E-state index contributed by atoms with van der Waals surface area (Å²) in [6.45, 7) is 4.37. The van der Waals surface area contributed by atoms with E-state index in [1.165, 1.54) is 0 Å². The Morgan fingerprint density at radius 1 is 1.50 bits per heavy atom. The molecule has 1 aliphatic rings. The topological polar surface area (TPSA) is 9.23 Å². The maximum atomic E-state index is 6.98. The van der Waals surface area contributed by atoms with Crippen LogP contribution in [0.5, 0.6) is 0 Å². The summed E-state index contributed by atoms with van der Waals surface area (Å²) in [5.41, 5.74) is 0. The highest BCUT2D eigenvalue weighted by molar-refractivity contribution is 4.77. The fraction of sp³-hybridized carbons (Fsp3) is 1.00. The fourth-order valence-electron chi connectivity index (χ4n) is 1.69. The Kier molecular flexibility index (Phi) is 1.61. The lowest BCUT2D eigenvalue weighted by atomic mass is 9.95. The summed E-state index contributed by atoms with van der Waals surface area (Å²) in [7, 11) is -2.21. The SMILES string of the molecule is [2H]C([2H])([2H])O[C@H]1CC[C@H](C(C)C)C1.